The topological polar surface area (TPSA) is 53.5 Å². The van der Waals surface area contributed by atoms with Gasteiger partial charge < -0.3 is 14.2 Å². The SMILES string of the molecule is Clc1ncnc2cc(OCc3ccccc3)c(OC3CCOCC3)cc12. The second-order valence-electron chi connectivity index (χ2n) is 6.18. The van der Waals surface area contributed by atoms with Gasteiger partial charge in [-0.05, 0) is 11.6 Å². The molecule has 0 amide bonds. The van der Waals surface area contributed by atoms with Gasteiger partial charge in [-0.15, -0.1) is 0 Å². The molecule has 0 unspecified atom stereocenters. The minimum absolute atomic E-state index is 0.101. The highest BCUT2D eigenvalue weighted by molar-refractivity contribution is 6.34. The summed E-state index contributed by atoms with van der Waals surface area (Å²) in [7, 11) is 0. The van der Waals surface area contributed by atoms with Gasteiger partial charge >= 0.3 is 0 Å². The minimum Gasteiger partial charge on any atom is -0.486 e. The molecule has 1 fully saturated rings. The van der Waals surface area contributed by atoms with Gasteiger partial charge in [-0.25, -0.2) is 9.97 Å². The van der Waals surface area contributed by atoms with E-state index in [0.717, 1.165) is 29.3 Å². The Balaban J connectivity index is 1.64. The first kappa shape index (κ1) is 17.1. The maximum atomic E-state index is 6.23. The van der Waals surface area contributed by atoms with Crippen LogP contribution in [0.15, 0.2) is 48.8 Å². The minimum atomic E-state index is 0.101. The Morgan fingerprint density at radius 2 is 1.85 bits per heavy atom. The van der Waals surface area contributed by atoms with E-state index in [2.05, 4.69) is 9.97 Å². The van der Waals surface area contributed by atoms with Gasteiger partial charge in [0.2, 0.25) is 0 Å². The zero-order valence-electron chi connectivity index (χ0n) is 14.2. The molecule has 0 N–H and O–H groups in total. The third kappa shape index (κ3) is 3.89. The third-order valence-electron chi connectivity index (χ3n) is 4.35. The highest BCUT2D eigenvalue weighted by Crippen LogP contribution is 2.36. The fourth-order valence-corrected chi connectivity index (χ4v) is 3.14. The maximum Gasteiger partial charge on any atom is 0.163 e. The van der Waals surface area contributed by atoms with E-state index in [4.69, 9.17) is 25.8 Å². The van der Waals surface area contributed by atoms with Gasteiger partial charge in [-0.3, -0.25) is 0 Å². The van der Waals surface area contributed by atoms with Gasteiger partial charge in [0.1, 0.15) is 24.2 Å². The third-order valence-corrected chi connectivity index (χ3v) is 4.65. The van der Waals surface area contributed by atoms with Crippen molar-refractivity contribution < 1.29 is 14.2 Å². The lowest BCUT2D eigenvalue weighted by molar-refractivity contribution is 0.0242. The zero-order valence-corrected chi connectivity index (χ0v) is 15.0. The van der Waals surface area contributed by atoms with Crippen LogP contribution in [0.1, 0.15) is 18.4 Å². The second-order valence-corrected chi connectivity index (χ2v) is 6.54. The van der Waals surface area contributed by atoms with Crippen LogP contribution in [0.4, 0.5) is 0 Å². The molecule has 4 rings (SSSR count). The number of halogens is 1. The standard InChI is InChI=1S/C20H19ClN2O3/c21-20-16-10-19(26-15-6-8-24-9-7-15)18(11-17(16)22-13-23-20)25-12-14-4-2-1-3-5-14/h1-5,10-11,13,15H,6-9,12H2. The molecule has 0 bridgehead atoms. The summed E-state index contributed by atoms with van der Waals surface area (Å²) in [6, 6.07) is 13.8. The Bertz CT molecular complexity index is 883. The van der Waals surface area contributed by atoms with E-state index in [1.165, 1.54) is 6.33 Å². The van der Waals surface area contributed by atoms with Gasteiger partial charge in [0.25, 0.3) is 0 Å². The molecule has 1 saturated heterocycles. The van der Waals surface area contributed by atoms with Crippen molar-refractivity contribution in [2.45, 2.75) is 25.6 Å². The van der Waals surface area contributed by atoms with Gasteiger partial charge in [0.05, 0.1) is 18.7 Å². The van der Waals surface area contributed by atoms with Crippen LogP contribution in [0, 0.1) is 0 Å². The van der Waals surface area contributed by atoms with Crippen LogP contribution < -0.4 is 9.47 Å². The van der Waals surface area contributed by atoms with Crippen LogP contribution in [0.25, 0.3) is 10.9 Å². The number of ether oxygens (including phenoxy) is 3. The molecule has 0 spiro atoms. The summed E-state index contributed by atoms with van der Waals surface area (Å²) in [4.78, 5) is 8.35. The summed E-state index contributed by atoms with van der Waals surface area (Å²) in [5.74, 6) is 1.32. The van der Waals surface area contributed by atoms with Crippen LogP contribution >= 0.6 is 11.6 Å². The molecule has 1 aromatic heterocycles. The molecule has 0 atom stereocenters. The molecular weight excluding hydrogens is 352 g/mol. The van der Waals surface area contributed by atoms with Crippen LogP contribution in [0.2, 0.25) is 5.15 Å². The van der Waals surface area contributed by atoms with Crippen LogP contribution in [0.5, 0.6) is 11.5 Å². The molecule has 0 radical (unpaired) electrons. The van der Waals surface area contributed by atoms with Crippen molar-refractivity contribution in [2.24, 2.45) is 0 Å². The molecule has 0 saturated carbocycles. The second kappa shape index (κ2) is 7.89. The highest BCUT2D eigenvalue weighted by atomic mass is 35.5. The van der Waals surface area contributed by atoms with Crippen molar-refractivity contribution in [1.29, 1.82) is 0 Å². The number of rotatable bonds is 5. The van der Waals surface area contributed by atoms with Gasteiger partial charge in [0, 0.05) is 24.3 Å². The summed E-state index contributed by atoms with van der Waals surface area (Å²) < 4.78 is 17.7. The lowest BCUT2D eigenvalue weighted by Crippen LogP contribution is -2.26. The summed E-state index contributed by atoms with van der Waals surface area (Å²) in [5, 5.41) is 1.16. The van der Waals surface area contributed by atoms with Gasteiger partial charge in [-0.1, -0.05) is 41.9 Å². The largest absolute Gasteiger partial charge is 0.486 e. The highest BCUT2D eigenvalue weighted by Gasteiger charge is 2.19. The van der Waals surface area contributed by atoms with E-state index in [9.17, 15) is 0 Å². The van der Waals surface area contributed by atoms with Crippen LogP contribution in [-0.2, 0) is 11.3 Å². The number of aromatic nitrogens is 2. The summed E-state index contributed by atoms with van der Waals surface area (Å²) in [6.07, 6.45) is 3.26. The Morgan fingerprint density at radius 3 is 2.65 bits per heavy atom. The van der Waals surface area contributed by atoms with E-state index in [-0.39, 0.29) is 6.10 Å². The number of nitrogens with zero attached hydrogens (tertiary/aromatic N) is 2. The van der Waals surface area contributed by atoms with E-state index >= 15 is 0 Å². The lowest BCUT2D eigenvalue weighted by Gasteiger charge is -2.24. The fraction of sp³-hybridized carbons (Fsp3) is 0.300. The predicted octanol–water partition coefficient (Wildman–Crippen LogP) is 4.42. The average Bonchev–Trinajstić information content (AvgIpc) is 2.69. The van der Waals surface area contributed by atoms with Crippen molar-refractivity contribution in [3.63, 3.8) is 0 Å². The number of hydrogen-bond donors (Lipinski definition) is 0. The molecular formula is C20H19ClN2O3. The van der Waals surface area contributed by atoms with Crippen molar-refractivity contribution in [1.82, 2.24) is 9.97 Å². The smallest absolute Gasteiger partial charge is 0.163 e. The van der Waals surface area contributed by atoms with E-state index in [1.54, 1.807) is 0 Å². The van der Waals surface area contributed by atoms with Crippen molar-refractivity contribution >= 4 is 22.5 Å². The van der Waals surface area contributed by atoms with Crippen molar-refractivity contribution in [2.75, 3.05) is 13.2 Å². The van der Waals surface area contributed by atoms with E-state index in [1.807, 2.05) is 42.5 Å². The molecule has 1 aliphatic heterocycles. The van der Waals surface area contributed by atoms with Gasteiger partial charge in [-0.2, -0.15) is 0 Å². The zero-order chi connectivity index (χ0) is 17.8. The van der Waals surface area contributed by atoms with E-state index in [0.29, 0.717) is 36.5 Å². The molecule has 0 aliphatic carbocycles. The monoisotopic (exact) mass is 370 g/mol. The van der Waals surface area contributed by atoms with E-state index < -0.39 is 0 Å². The Kier molecular flexibility index (Phi) is 5.18. The number of hydrogen-bond acceptors (Lipinski definition) is 5. The fourth-order valence-electron chi connectivity index (χ4n) is 2.95. The lowest BCUT2D eigenvalue weighted by atomic mass is 10.1. The Hall–Kier alpha value is -2.37. The average molecular weight is 371 g/mol. The predicted molar refractivity (Wildman–Crippen MR) is 99.8 cm³/mol. The van der Waals surface area contributed by atoms with Gasteiger partial charge in [0.15, 0.2) is 11.5 Å². The number of benzene rings is 2. The molecule has 134 valence electrons. The molecule has 2 aromatic carbocycles. The number of fused-ring (bicyclic) bond motifs is 1. The maximum absolute atomic E-state index is 6.23. The quantitative estimate of drug-likeness (QED) is 0.622. The van der Waals surface area contributed by atoms with Crippen molar-refractivity contribution in [3.05, 3.63) is 59.5 Å². The molecule has 1 aliphatic rings. The van der Waals surface area contributed by atoms with Crippen molar-refractivity contribution in [3.8, 4) is 11.5 Å². The molecule has 26 heavy (non-hydrogen) atoms. The summed E-state index contributed by atoms with van der Waals surface area (Å²) in [6.45, 7) is 1.87. The molecule has 5 nitrogen and oxygen atoms in total. The Morgan fingerprint density at radius 1 is 1.04 bits per heavy atom. The van der Waals surface area contributed by atoms with Crippen LogP contribution in [0.3, 0.4) is 0 Å². The first-order chi connectivity index (χ1) is 12.8. The molecule has 6 heteroatoms. The normalized spacial score (nSPS) is 15.1. The summed E-state index contributed by atoms with van der Waals surface area (Å²) in [5.41, 5.74) is 1.82. The summed E-state index contributed by atoms with van der Waals surface area (Å²) >= 11 is 6.23. The Labute approximate surface area is 156 Å². The van der Waals surface area contributed by atoms with Crippen LogP contribution in [-0.4, -0.2) is 29.3 Å². The molecule has 2 heterocycles. The first-order valence-electron chi connectivity index (χ1n) is 8.65. The first-order valence-corrected chi connectivity index (χ1v) is 9.03. The molecule has 3 aromatic rings.